The lowest BCUT2D eigenvalue weighted by molar-refractivity contribution is 0.0982. The van der Waals surface area contributed by atoms with Crippen LogP contribution in [0.1, 0.15) is 27.7 Å². The van der Waals surface area contributed by atoms with Crippen LogP contribution in [-0.4, -0.2) is 23.3 Å². The molecule has 0 aromatic heterocycles. The van der Waals surface area contributed by atoms with Crippen LogP contribution < -0.4 is 5.32 Å². The van der Waals surface area contributed by atoms with Crippen molar-refractivity contribution < 1.29 is 5.11 Å². The Kier molecular flexibility index (Phi) is 3.15. The van der Waals surface area contributed by atoms with Crippen molar-refractivity contribution in [3.05, 3.63) is 0 Å². The summed E-state index contributed by atoms with van der Waals surface area (Å²) in [5.41, 5.74) is -0.144. The van der Waals surface area contributed by atoms with Gasteiger partial charge in [0.05, 0.1) is 6.10 Å². The van der Waals surface area contributed by atoms with Gasteiger partial charge in [-0.25, -0.2) is 0 Å². The van der Waals surface area contributed by atoms with Crippen molar-refractivity contribution >= 4 is 0 Å². The smallest absolute Gasteiger partial charge is 0.0688 e. The molecule has 0 rings (SSSR count). The first-order valence-corrected chi connectivity index (χ1v) is 3.43. The Morgan fingerprint density at radius 1 is 1.56 bits per heavy atom. The maximum absolute atomic E-state index is 9.15. The molecular weight excluding hydrogens is 114 g/mol. The van der Waals surface area contributed by atoms with Gasteiger partial charge in [-0.2, -0.15) is 0 Å². The van der Waals surface area contributed by atoms with E-state index >= 15 is 0 Å². The lowest BCUT2D eigenvalue weighted by atomic mass is 9.99. The molecule has 2 nitrogen and oxygen atoms in total. The van der Waals surface area contributed by atoms with Gasteiger partial charge in [-0.05, 0) is 27.3 Å². The number of nitrogens with one attached hydrogen (secondary N) is 1. The second-order valence-corrected chi connectivity index (χ2v) is 2.93. The summed E-state index contributed by atoms with van der Waals surface area (Å²) < 4.78 is 0. The predicted molar refractivity (Wildman–Crippen MR) is 39.4 cm³/mol. The molecule has 9 heavy (non-hydrogen) atoms. The summed E-state index contributed by atoms with van der Waals surface area (Å²) in [6.07, 6.45) is -0.294. The Bertz CT molecular complexity index is 79.0. The summed E-state index contributed by atoms with van der Waals surface area (Å²) in [5.74, 6) is 0. The zero-order chi connectivity index (χ0) is 7.49. The highest BCUT2D eigenvalue weighted by molar-refractivity contribution is 4.81. The van der Waals surface area contributed by atoms with E-state index in [4.69, 9.17) is 5.11 Å². The molecule has 0 unspecified atom stereocenters. The number of aliphatic hydroxyl groups excluding tert-OH is 1. The van der Waals surface area contributed by atoms with E-state index in [0.29, 0.717) is 0 Å². The maximum atomic E-state index is 9.15. The van der Waals surface area contributed by atoms with Crippen LogP contribution in [0.15, 0.2) is 0 Å². The highest BCUT2D eigenvalue weighted by Gasteiger charge is 2.21. The molecule has 0 radical (unpaired) electrons. The van der Waals surface area contributed by atoms with Crippen LogP contribution in [0.4, 0.5) is 0 Å². The molecule has 0 aromatic carbocycles. The van der Waals surface area contributed by atoms with Crippen LogP contribution in [0.2, 0.25) is 0 Å². The molecular formula is C7H17NO. The van der Waals surface area contributed by atoms with Gasteiger partial charge in [0.2, 0.25) is 0 Å². The van der Waals surface area contributed by atoms with Gasteiger partial charge in [-0.15, -0.1) is 0 Å². The van der Waals surface area contributed by atoms with Gasteiger partial charge in [0, 0.05) is 5.54 Å². The summed E-state index contributed by atoms with van der Waals surface area (Å²) in [5, 5.41) is 12.3. The van der Waals surface area contributed by atoms with Crippen molar-refractivity contribution in [1.82, 2.24) is 5.32 Å². The molecule has 1 atom stereocenters. The van der Waals surface area contributed by atoms with E-state index in [2.05, 4.69) is 5.32 Å². The molecule has 0 spiro atoms. The number of hydrogen-bond acceptors (Lipinski definition) is 2. The lowest BCUT2D eigenvalue weighted by Crippen LogP contribution is -2.47. The van der Waals surface area contributed by atoms with Gasteiger partial charge in [0.25, 0.3) is 0 Å². The monoisotopic (exact) mass is 131 g/mol. The Hall–Kier alpha value is -0.0800. The Labute approximate surface area is 57.3 Å². The molecule has 0 bridgehead atoms. The first kappa shape index (κ1) is 8.92. The molecule has 0 saturated carbocycles. The minimum atomic E-state index is -0.294. The highest BCUT2D eigenvalue weighted by atomic mass is 16.3. The minimum absolute atomic E-state index is 0.144. The molecule has 0 saturated heterocycles. The average Bonchev–Trinajstić information content (AvgIpc) is 1.65. The van der Waals surface area contributed by atoms with Gasteiger partial charge >= 0.3 is 0 Å². The number of likely N-dealkylation sites (N-methyl/N-ethyl adjacent to an activating group) is 1. The van der Waals surface area contributed by atoms with Crippen LogP contribution in [0.3, 0.4) is 0 Å². The maximum Gasteiger partial charge on any atom is 0.0688 e. The fraction of sp³-hybridized carbons (Fsp3) is 1.00. The second-order valence-electron chi connectivity index (χ2n) is 2.93. The Balaban J connectivity index is 3.70. The minimum Gasteiger partial charge on any atom is -0.392 e. The average molecular weight is 131 g/mol. The fourth-order valence-corrected chi connectivity index (χ4v) is 0.603. The highest BCUT2D eigenvalue weighted by Crippen LogP contribution is 2.06. The molecule has 2 N–H and O–H groups in total. The van der Waals surface area contributed by atoms with Crippen LogP contribution >= 0.6 is 0 Å². The molecule has 0 heterocycles. The van der Waals surface area contributed by atoms with Gasteiger partial charge in [-0.1, -0.05) is 6.92 Å². The van der Waals surface area contributed by atoms with Crippen LogP contribution in [0.25, 0.3) is 0 Å². The first-order chi connectivity index (χ1) is 4.00. The summed E-state index contributed by atoms with van der Waals surface area (Å²) in [7, 11) is 0. The van der Waals surface area contributed by atoms with Crippen molar-refractivity contribution in [2.24, 2.45) is 0 Å². The quantitative estimate of drug-likeness (QED) is 0.592. The van der Waals surface area contributed by atoms with Gasteiger partial charge in [0.15, 0.2) is 0 Å². The van der Waals surface area contributed by atoms with Crippen molar-refractivity contribution in [3.63, 3.8) is 0 Å². The van der Waals surface area contributed by atoms with Gasteiger partial charge < -0.3 is 10.4 Å². The van der Waals surface area contributed by atoms with Crippen LogP contribution in [-0.2, 0) is 0 Å². The van der Waals surface area contributed by atoms with E-state index in [1.54, 1.807) is 6.92 Å². The predicted octanol–water partition coefficient (Wildman–Crippen LogP) is 0.755. The third-order valence-corrected chi connectivity index (χ3v) is 1.68. The van der Waals surface area contributed by atoms with Crippen LogP contribution in [0.5, 0.6) is 0 Å². The normalized spacial score (nSPS) is 15.7. The van der Waals surface area contributed by atoms with E-state index < -0.39 is 0 Å². The molecule has 0 aliphatic heterocycles. The van der Waals surface area contributed by atoms with Crippen molar-refractivity contribution in [3.8, 4) is 0 Å². The third kappa shape index (κ3) is 2.82. The topological polar surface area (TPSA) is 32.3 Å². The van der Waals surface area contributed by atoms with Crippen LogP contribution in [0, 0.1) is 0 Å². The zero-order valence-corrected chi connectivity index (χ0v) is 6.73. The Morgan fingerprint density at radius 3 is 2.11 bits per heavy atom. The number of rotatable bonds is 3. The van der Waals surface area contributed by atoms with E-state index in [-0.39, 0.29) is 11.6 Å². The second kappa shape index (κ2) is 3.18. The van der Waals surface area contributed by atoms with Crippen molar-refractivity contribution in [2.75, 3.05) is 6.54 Å². The van der Waals surface area contributed by atoms with E-state index in [0.717, 1.165) is 6.54 Å². The SMILES string of the molecule is CCNC(C)(C)[C@H](C)O. The number of hydrogen-bond donors (Lipinski definition) is 2. The Morgan fingerprint density at radius 2 is 2.00 bits per heavy atom. The summed E-state index contributed by atoms with van der Waals surface area (Å²) >= 11 is 0. The molecule has 2 heteroatoms. The summed E-state index contributed by atoms with van der Waals surface area (Å²) in [6.45, 7) is 8.70. The lowest BCUT2D eigenvalue weighted by Gasteiger charge is -2.28. The number of aliphatic hydroxyl groups is 1. The standard InChI is InChI=1S/C7H17NO/c1-5-8-7(3,4)6(2)9/h6,8-9H,5H2,1-4H3/t6-/m0/s1. The van der Waals surface area contributed by atoms with E-state index in [9.17, 15) is 0 Å². The molecule has 56 valence electrons. The van der Waals surface area contributed by atoms with Crippen molar-refractivity contribution in [2.45, 2.75) is 39.3 Å². The molecule has 0 amide bonds. The van der Waals surface area contributed by atoms with Gasteiger partial charge in [0.1, 0.15) is 0 Å². The zero-order valence-electron chi connectivity index (χ0n) is 6.73. The first-order valence-electron chi connectivity index (χ1n) is 3.43. The fourth-order valence-electron chi connectivity index (χ4n) is 0.603. The largest absolute Gasteiger partial charge is 0.392 e. The molecule has 0 aliphatic carbocycles. The van der Waals surface area contributed by atoms with E-state index in [1.807, 2.05) is 20.8 Å². The van der Waals surface area contributed by atoms with E-state index in [1.165, 1.54) is 0 Å². The van der Waals surface area contributed by atoms with Crippen molar-refractivity contribution in [1.29, 1.82) is 0 Å². The summed E-state index contributed by atoms with van der Waals surface area (Å²) in [6, 6.07) is 0. The summed E-state index contributed by atoms with van der Waals surface area (Å²) in [4.78, 5) is 0. The van der Waals surface area contributed by atoms with Gasteiger partial charge in [-0.3, -0.25) is 0 Å². The molecule has 0 aliphatic rings. The third-order valence-electron chi connectivity index (χ3n) is 1.68. The molecule has 0 aromatic rings. The molecule has 0 fully saturated rings.